The number of rotatable bonds is 4. The highest BCUT2D eigenvalue weighted by atomic mass is 35.5. The fourth-order valence-corrected chi connectivity index (χ4v) is 4.30. The maximum absolute atomic E-state index is 13.9. The lowest BCUT2D eigenvalue weighted by Gasteiger charge is -2.41. The fourth-order valence-electron chi connectivity index (χ4n) is 4.17. The van der Waals surface area contributed by atoms with Gasteiger partial charge in [-0.3, -0.25) is 14.5 Å². The Kier molecular flexibility index (Phi) is 6.07. The molecule has 0 N–H and O–H groups in total. The third kappa shape index (κ3) is 4.03. The molecule has 2 amide bonds. The Morgan fingerprint density at radius 2 is 1.56 bits per heavy atom. The highest BCUT2D eigenvalue weighted by Gasteiger charge is 2.42. The molecule has 3 aromatic carbocycles. The lowest BCUT2D eigenvalue weighted by molar-refractivity contribution is -0.128. The van der Waals surface area contributed by atoms with Gasteiger partial charge in [0.2, 0.25) is 5.91 Å². The fraction of sp³-hybridized carbons (Fsp3) is 0.259. The Bertz CT molecular complexity index is 1150. The van der Waals surface area contributed by atoms with Crippen molar-refractivity contribution < 1.29 is 9.59 Å². The van der Waals surface area contributed by atoms with Gasteiger partial charge in [0.25, 0.3) is 5.91 Å². The van der Waals surface area contributed by atoms with Crippen LogP contribution >= 0.6 is 11.6 Å². The number of benzene rings is 3. The number of carbonyl (C=O) groups is 2. The normalized spacial score (nSPS) is 16.8. The number of halogens is 1. The second kappa shape index (κ2) is 8.79. The molecule has 4 rings (SSSR count). The first kappa shape index (κ1) is 22.1. The van der Waals surface area contributed by atoms with Crippen LogP contribution in [0.5, 0.6) is 0 Å². The van der Waals surface area contributed by atoms with Crippen molar-refractivity contribution in [1.29, 1.82) is 0 Å². The van der Waals surface area contributed by atoms with Gasteiger partial charge in [-0.05, 0) is 72.4 Å². The lowest BCUT2D eigenvalue weighted by Crippen LogP contribution is -2.56. The number of amides is 2. The Balaban J connectivity index is 1.83. The van der Waals surface area contributed by atoms with Crippen LogP contribution < -0.4 is 9.80 Å². The number of carbonyl (C=O) groups excluding carboxylic acids is 2. The molecule has 0 saturated carbocycles. The van der Waals surface area contributed by atoms with Crippen molar-refractivity contribution in [1.82, 2.24) is 0 Å². The summed E-state index contributed by atoms with van der Waals surface area (Å²) in [7, 11) is 0. The topological polar surface area (TPSA) is 40.6 Å². The molecule has 0 radical (unpaired) electrons. The largest absolute Gasteiger partial charge is 0.301 e. The molecule has 1 atom stereocenters. The van der Waals surface area contributed by atoms with Crippen molar-refractivity contribution in [3.8, 4) is 0 Å². The summed E-state index contributed by atoms with van der Waals surface area (Å²) < 4.78 is 0. The van der Waals surface area contributed by atoms with Gasteiger partial charge in [0.15, 0.2) is 0 Å². The molecule has 164 valence electrons. The van der Waals surface area contributed by atoms with Crippen LogP contribution in [0.15, 0.2) is 66.7 Å². The second-order valence-electron chi connectivity index (χ2n) is 8.61. The van der Waals surface area contributed by atoms with E-state index in [-0.39, 0.29) is 18.4 Å². The molecule has 0 unspecified atom stereocenters. The number of nitrogens with zero attached hydrogens (tertiary/aromatic N) is 2. The van der Waals surface area contributed by atoms with Gasteiger partial charge in [0.05, 0.1) is 0 Å². The summed E-state index contributed by atoms with van der Waals surface area (Å²) in [4.78, 5) is 30.6. The van der Waals surface area contributed by atoms with Crippen molar-refractivity contribution in [2.75, 3.05) is 16.3 Å². The van der Waals surface area contributed by atoms with Crippen LogP contribution in [0.4, 0.5) is 11.4 Å². The summed E-state index contributed by atoms with van der Waals surface area (Å²) in [5, 5.41) is 0.583. The second-order valence-corrected chi connectivity index (χ2v) is 9.04. The third-order valence-electron chi connectivity index (χ3n) is 6.21. The molecule has 0 spiro atoms. The summed E-state index contributed by atoms with van der Waals surface area (Å²) in [6.07, 6.45) is 0. The van der Waals surface area contributed by atoms with E-state index in [0.29, 0.717) is 16.6 Å². The average Bonchev–Trinajstić information content (AvgIpc) is 2.78. The van der Waals surface area contributed by atoms with Gasteiger partial charge in [-0.15, -0.1) is 0 Å². The summed E-state index contributed by atoms with van der Waals surface area (Å²) in [6.45, 7) is 8.25. The van der Waals surface area contributed by atoms with Crippen molar-refractivity contribution in [3.05, 3.63) is 94.0 Å². The van der Waals surface area contributed by atoms with Crippen LogP contribution in [-0.4, -0.2) is 18.4 Å². The minimum Gasteiger partial charge on any atom is -0.301 e. The maximum atomic E-state index is 13.9. The number of anilines is 2. The number of aryl methyl sites for hydroxylation is 1. The van der Waals surface area contributed by atoms with E-state index in [4.69, 9.17) is 11.6 Å². The zero-order valence-corrected chi connectivity index (χ0v) is 19.6. The Hall–Kier alpha value is -3.11. The summed E-state index contributed by atoms with van der Waals surface area (Å²) >= 11 is 6.07. The Morgan fingerprint density at radius 3 is 2.19 bits per heavy atom. The third-order valence-corrected chi connectivity index (χ3v) is 6.46. The molecule has 0 bridgehead atoms. The van der Waals surface area contributed by atoms with Gasteiger partial charge < -0.3 is 4.90 Å². The monoisotopic (exact) mass is 446 g/mol. The Morgan fingerprint density at radius 1 is 0.906 bits per heavy atom. The molecular formula is C27H27ClN2O2. The Labute approximate surface area is 194 Å². The summed E-state index contributed by atoms with van der Waals surface area (Å²) in [5.74, 6) is 0.128. The van der Waals surface area contributed by atoms with E-state index >= 15 is 0 Å². The van der Waals surface area contributed by atoms with E-state index in [1.54, 1.807) is 34.1 Å². The zero-order chi connectivity index (χ0) is 23.0. The average molecular weight is 447 g/mol. The van der Waals surface area contributed by atoms with Crippen molar-refractivity contribution in [2.45, 2.75) is 39.7 Å². The zero-order valence-electron chi connectivity index (χ0n) is 18.8. The number of hydrogen-bond donors (Lipinski definition) is 0. The smallest absolute Gasteiger partial charge is 0.255 e. The quantitative estimate of drug-likeness (QED) is 0.478. The maximum Gasteiger partial charge on any atom is 0.255 e. The first-order valence-corrected chi connectivity index (χ1v) is 11.2. The molecule has 1 fully saturated rings. The van der Waals surface area contributed by atoms with E-state index in [9.17, 15) is 9.59 Å². The van der Waals surface area contributed by atoms with Gasteiger partial charge in [-0.1, -0.05) is 61.8 Å². The number of piperazine rings is 1. The van der Waals surface area contributed by atoms with Gasteiger partial charge in [0, 0.05) is 16.4 Å². The standard InChI is InChI=1S/C27H27ClN2O2/c1-17(2)20-8-10-21(11-9-20)26-27(32)29(24-7-5-6-18(3)19(24)4)16-25(31)30(26)23-14-12-22(28)13-15-23/h5-15,17,26H,16H2,1-4H3/t26-/m1/s1. The van der Waals surface area contributed by atoms with E-state index in [2.05, 4.69) is 13.8 Å². The molecule has 1 saturated heterocycles. The highest BCUT2D eigenvalue weighted by Crippen LogP contribution is 2.36. The van der Waals surface area contributed by atoms with Crippen molar-refractivity contribution >= 4 is 34.8 Å². The van der Waals surface area contributed by atoms with Crippen LogP contribution in [0.1, 0.15) is 48.1 Å². The summed E-state index contributed by atoms with van der Waals surface area (Å²) in [6, 6.07) is 20.1. The van der Waals surface area contributed by atoms with Crippen LogP contribution in [-0.2, 0) is 9.59 Å². The highest BCUT2D eigenvalue weighted by molar-refractivity contribution is 6.30. The predicted octanol–water partition coefficient (Wildman–Crippen LogP) is 6.20. The van der Waals surface area contributed by atoms with Crippen LogP contribution in [0.3, 0.4) is 0 Å². The van der Waals surface area contributed by atoms with Crippen molar-refractivity contribution in [2.24, 2.45) is 0 Å². The van der Waals surface area contributed by atoms with Gasteiger partial charge in [-0.2, -0.15) is 0 Å². The van der Waals surface area contributed by atoms with Crippen LogP contribution in [0.2, 0.25) is 5.02 Å². The molecule has 5 heteroatoms. The first-order chi connectivity index (χ1) is 15.3. The molecule has 1 aliphatic heterocycles. The van der Waals surface area contributed by atoms with Crippen molar-refractivity contribution in [3.63, 3.8) is 0 Å². The lowest BCUT2D eigenvalue weighted by atomic mass is 9.95. The minimum atomic E-state index is -0.751. The first-order valence-electron chi connectivity index (χ1n) is 10.8. The molecule has 1 aliphatic rings. The SMILES string of the molecule is Cc1cccc(N2CC(=O)N(c3ccc(Cl)cc3)[C@H](c3ccc(C(C)C)cc3)C2=O)c1C. The summed E-state index contributed by atoms with van der Waals surface area (Å²) in [5.41, 5.74) is 5.50. The van der Waals surface area contributed by atoms with Crippen LogP contribution in [0.25, 0.3) is 0 Å². The molecular weight excluding hydrogens is 420 g/mol. The van der Waals surface area contributed by atoms with E-state index in [1.165, 1.54) is 5.56 Å². The predicted molar refractivity (Wildman–Crippen MR) is 130 cm³/mol. The van der Waals surface area contributed by atoms with Gasteiger partial charge in [-0.25, -0.2) is 0 Å². The molecule has 32 heavy (non-hydrogen) atoms. The van der Waals surface area contributed by atoms with E-state index < -0.39 is 6.04 Å². The molecule has 0 aromatic heterocycles. The molecule has 4 nitrogen and oxygen atoms in total. The van der Waals surface area contributed by atoms with Gasteiger partial charge in [0.1, 0.15) is 12.6 Å². The molecule has 3 aromatic rings. The molecule has 0 aliphatic carbocycles. The molecule has 1 heterocycles. The minimum absolute atomic E-state index is 0.00761. The van der Waals surface area contributed by atoms with E-state index in [0.717, 1.165) is 22.4 Å². The van der Waals surface area contributed by atoms with E-state index in [1.807, 2.05) is 56.3 Å². The van der Waals surface area contributed by atoms with Gasteiger partial charge >= 0.3 is 0 Å². The number of hydrogen-bond acceptors (Lipinski definition) is 2. The van der Waals surface area contributed by atoms with Crippen LogP contribution in [0, 0.1) is 13.8 Å².